The maximum absolute atomic E-state index is 12.2. The van der Waals surface area contributed by atoms with Gasteiger partial charge in [0.1, 0.15) is 5.69 Å². The number of nitrogens with zero attached hydrogens (tertiary/aromatic N) is 2. The number of rotatable bonds is 4. The van der Waals surface area contributed by atoms with Crippen molar-refractivity contribution in [3.05, 3.63) is 59.4 Å². The summed E-state index contributed by atoms with van der Waals surface area (Å²) in [5, 5.41) is 2.93. The van der Waals surface area contributed by atoms with Gasteiger partial charge in [-0.2, -0.15) is 0 Å². The lowest BCUT2D eigenvalue weighted by Crippen LogP contribution is -2.26. The second kappa shape index (κ2) is 7.95. The minimum atomic E-state index is -0.127. The predicted molar refractivity (Wildman–Crippen MR) is 97.3 cm³/mol. The van der Waals surface area contributed by atoms with E-state index in [0.717, 1.165) is 24.3 Å². The fourth-order valence-corrected chi connectivity index (χ4v) is 3.02. The van der Waals surface area contributed by atoms with Crippen molar-refractivity contribution in [2.45, 2.75) is 39.2 Å². The van der Waals surface area contributed by atoms with Gasteiger partial charge in [0.25, 0.3) is 5.91 Å². The highest BCUT2D eigenvalue weighted by molar-refractivity contribution is 5.92. The van der Waals surface area contributed by atoms with E-state index in [-0.39, 0.29) is 5.91 Å². The summed E-state index contributed by atoms with van der Waals surface area (Å²) in [6.45, 7) is 4.74. The molecule has 1 N–H and O–H groups in total. The topological polar surface area (TPSA) is 45.2 Å². The zero-order valence-corrected chi connectivity index (χ0v) is 14.3. The summed E-state index contributed by atoms with van der Waals surface area (Å²) < 4.78 is 0. The maximum Gasteiger partial charge on any atom is 0.270 e. The molecular formula is C20H25N3O. The van der Waals surface area contributed by atoms with Crippen molar-refractivity contribution in [3.63, 3.8) is 0 Å². The zero-order valence-electron chi connectivity index (χ0n) is 14.3. The monoisotopic (exact) mass is 323 g/mol. The first-order valence-electron chi connectivity index (χ1n) is 8.77. The van der Waals surface area contributed by atoms with Crippen molar-refractivity contribution in [3.8, 4) is 0 Å². The first-order chi connectivity index (χ1) is 11.7. The maximum atomic E-state index is 12.2. The first-order valence-corrected chi connectivity index (χ1v) is 8.77. The molecule has 24 heavy (non-hydrogen) atoms. The Morgan fingerprint density at radius 2 is 1.75 bits per heavy atom. The Kier molecular flexibility index (Phi) is 5.47. The Hall–Kier alpha value is -2.36. The Bertz CT molecular complexity index is 656. The molecule has 1 amide bonds. The molecule has 1 fully saturated rings. The minimum Gasteiger partial charge on any atom is -0.370 e. The third-order valence-electron chi connectivity index (χ3n) is 4.53. The third kappa shape index (κ3) is 4.34. The van der Waals surface area contributed by atoms with Gasteiger partial charge in [-0.25, -0.2) is 4.98 Å². The molecule has 0 unspecified atom stereocenters. The molecule has 2 heterocycles. The molecule has 0 atom stereocenters. The van der Waals surface area contributed by atoms with Crippen molar-refractivity contribution in [1.29, 1.82) is 0 Å². The van der Waals surface area contributed by atoms with Crippen molar-refractivity contribution in [1.82, 2.24) is 10.3 Å². The van der Waals surface area contributed by atoms with Gasteiger partial charge in [0.15, 0.2) is 0 Å². The number of pyridine rings is 1. The molecule has 0 spiro atoms. The number of hydrogen-bond acceptors (Lipinski definition) is 3. The average molecular weight is 323 g/mol. The summed E-state index contributed by atoms with van der Waals surface area (Å²) in [5.74, 6) is -0.127. The quantitative estimate of drug-likeness (QED) is 0.933. The SMILES string of the molecule is Cc1ccc(CNC(=O)c2ccc(N3CCCCCC3)cn2)cc1. The van der Waals surface area contributed by atoms with Crippen LogP contribution in [0.4, 0.5) is 5.69 Å². The Morgan fingerprint density at radius 3 is 2.38 bits per heavy atom. The van der Waals surface area contributed by atoms with E-state index in [2.05, 4.69) is 34.3 Å². The summed E-state index contributed by atoms with van der Waals surface area (Å²) >= 11 is 0. The molecule has 0 saturated carbocycles. The molecular weight excluding hydrogens is 298 g/mol. The summed E-state index contributed by atoms with van der Waals surface area (Å²) in [5.41, 5.74) is 3.90. The number of aromatic nitrogens is 1. The van der Waals surface area contributed by atoms with Gasteiger partial charge in [-0.3, -0.25) is 4.79 Å². The molecule has 1 aliphatic rings. The largest absolute Gasteiger partial charge is 0.370 e. The minimum absolute atomic E-state index is 0.127. The smallest absolute Gasteiger partial charge is 0.270 e. The van der Waals surface area contributed by atoms with E-state index in [1.807, 2.05) is 30.5 Å². The molecule has 126 valence electrons. The van der Waals surface area contributed by atoms with E-state index < -0.39 is 0 Å². The molecule has 1 saturated heterocycles. The van der Waals surface area contributed by atoms with Crippen LogP contribution in [0.25, 0.3) is 0 Å². The molecule has 0 bridgehead atoms. The van der Waals surface area contributed by atoms with E-state index >= 15 is 0 Å². The van der Waals surface area contributed by atoms with Crippen LogP contribution in [0.2, 0.25) is 0 Å². The van der Waals surface area contributed by atoms with Crippen LogP contribution >= 0.6 is 0 Å². The Labute approximate surface area is 143 Å². The number of anilines is 1. The lowest BCUT2D eigenvalue weighted by molar-refractivity contribution is 0.0946. The van der Waals surface area contributed by atoms with Gasteiger partial charge in [0, 0.05) is 19.6 Å². The van der Waals surface area contributed by atoms with Crippen LogP contribution in [0.1, 0.15) is 47.3 Å². The van der Waals surface area contributed by atoms with E-state index in [0.29, 0.717) is 12.2 Å². The van der Waals surface area contributed by atoms with Crippen LogP contribution in [0, 0.1) is 6.92 Å². The van der Waals surface area contributed by atoms with Gasteiger partial charge in [0.2, 0.25) is 0 Å². The van der Waals surface area contributed by atoms with Crippen LogP contribution in [-0.4, -0.2) is 24.0 Å². The molecule has 1 aliphatic heterocycles. The second-order valence-corrected chi connectivity index (χ2v) is 6.47. The summed E-state index contributed by atoms with van der Waals surface area (Å²) in [4.78, 5) is 19.0. The lowest BCUT2D eigenvalue weighted by atomic mass is 10.1. The van der Waals surface area contributed by atoms with Gasteiger partial charge in [-0.1, -0.05) is 42.7 Å². The molecule has 4 nitrogen and oxygen atoms in total. The van der Waals surface area contributed by atoms with Crippen LogP contribution in [-0.2, 0) is 6.54 Å². The standard InChI is InChI=1S/C20H25N3O/c1-16-6-8-17(9-7-16)14-22-20(24)19-11-10-18(15-21-19)23-12-4-2-3-5-13-23/h6-11,15H,2-5,12-14H2,1H3,(H,22,24). The molecule has 0 radical (unpaired) electrons. The van der Waals surface area contributed by atoms with E-state index in [1.165, 1.54) is 31.2 Å². The fraction of sp³-hybridized carbons (Fsp3) is 0.400. The number of benzene rings is 1. The fourth-order valence-electron chi connectivity index (χ4n) is 3.02. The number of hydrogen-bond donors (Lipinski definition) is 1. The summed E-state index contributed by atoms with van der Waals surface area (Å²) in [6, 6.07) is 12.0. The number of carbonyl (C=O) groups excluding carboxylic acids is 1. The Morgan fingerprint density at radius 1 is 1.04 bits per heavy atom. The average Bonchev–Trinajstić information content (AvgIpc) is 2.90. The molecule has 1 aromatic heterocycles. The van der Waals surface area contributed by atoms with Crippen molar-refractivity contribution >= 4 is 11.6 Å². The molecule has 1 aromatic carbocycles. The van der Waals surface area contributed by atoms with Crippen molar-refractivity contribution in [2.24, 2.45) is 0 Å². The highest BCUT2D eigenvalue weighted by atomic mass is 16.1. The summed E-state index contributed by atoms with van der Waals surface area (Å²) in [7, 11) is 0. The van der Waals surface area contributed by atoms with Crippen LogP contribution in [0.5, 0.6) is 0 Å². The van der Waals surface area contributed by atoms with Crippen molar-refractivity contribution in [2.75, 3.05) is 18.0 Å². The van der Waals surface area contributed by atoms with E-state index in [1.54, 1.807) is 0 Å². The summed E-state index contributed by atoms with van der Waals surface area (Å²) in [6.07, 6.45) is 6.91. The van der Waals surface area contributed by atoms with Crippen LogP contribution < -0.4 is 10.2 Å². The normalized spacial score (nSPS) is 15.0. The molecule has 0 aliphatic carbocycles. The lowest BCUT2D eigenvalue weighted by Gasteiger charge is -2.22. The zero-order chi connectivity index (χ0) is 16.8. The van der Waals surface area contributed by atoms with E-state index in [9.17, 15) is 4.79 Å². The third-order valence-corrected chi connectivity index (χ3v) is 4.53. The van der Waals surface area contributed by atoms with Gasteiger partial charge >= 0.3 is 0 Å². The van der Waals surface area contributed by atoms with Gasteiger partial charge in [0.05, 0.1) is 11.9 Å². The van der Waals surface area contributed by atoms with Gasteiger partial charge in [-0.15, -0.1) is 0 Å². The number of carbonyl (C=O) groups is 1. The van der Waals surface area contributed by atoms with Gasteiger partial charge in [-0.05, 0) is 37.5 Å². The highest BCUT2D eigenvalue weighted by Gasteiger charge is 2.12. The Balaban J connectivity index is 1.58. The molecule has 3 rings (SSSR count). The first kappa shape index (κ1) is 16.5. The molecule has 2 aromatic rings. The van der Waals surface area contributed by atoms with E-state index in [4.69, 9.17) is 0 Å². The number of amides is 1. The molecule has 4 heteroatoms. The van der Waals surface area contributed by atoms with Crippen LogP contribution in [0.3, 0.4) is 0 Å². The highest BCUT2D eigenvalue weighted by Crippen LogP contribution is 2.18. The van der Waals surface area contributed by atoms with Gasteiger partial charge < -0.3 is 10.2 Å². The number of aryl methyl sites for hydroxylation is 1. The van der Waals surface area contributed by atoms with Crippen molar-refractivity contribution < 1.29 is 4.79 Å². The van der Waals surface area contributed by atoms with Crippen LogP contribution in [0.15, 0.2) is 42.6 Å². The predicted octanol–water partition coefficient (Wildman–Crippen LogP) is 3.70. The second-order valence-electron chi connectivity index (χ2n) is 6.47. The number of nitrogens with one attached hydrogen (secondary N) is 1.